The first-order chi connectivity index (χ1) is 14.2. The highest BCUT2D eigenvalue weighted by molar-refractivity contribution is 7.10. The Balaban J connectivity index is 1.55. The fraction of sp³-hybridized carbons (Fsp3) is 0.300. The van der Waals surface area contributed by atoms with Crippen molar-refractivity contribution in [3.8, 4) is 5.75 Å². The first-order valence-electron chi connectivity index (χ1n) is 9.21. The second-order valence-electron chi connectivity index (χ2n) is 6.72. The summed E-state index contributed by atoms with van der Waals surface area (Å²) in [6.07, 6.45) is 1.77. The van der Waals surface area contributed by atoms with Gasteiger partial charge in [-0.2, -0.15) is 0 Å². The van der Waals surface area contributed by atoms with Crippen molar-refractivity contribution in [2.75, 3.05) is 7.11 Å². The third-order valence-electron chi connectivity index (χ3n) is 4.72. The highest BCUT2D eigenvalue weighted by Crippen LogP contribution is 2.37. The third-order valence-corrected chi connectivity index (χ3v) is 6.15. The summed E-state index contributed by atoms with van der Waals surface area (Å²) < 4.78 is 8.97. The van der Waals surface area contributed by atoms with Crippen LogP contribution >= 0.6 is 22.9 Å². The zero-order valence-electron chi connectivity index (χ0n) is 15.8. The van der Waals surface area contributed by atoms with Gasteiger partial charge in [-0.25, -0.2) is 0 Å². The molecule has 29 heavy (non-hydrogen) atoms. The van der Waals surface area contributed by atoms with Gasteiger partial charge in [0.05, 0.1) is 7.11 Å². The topological polar surface area (TPSA) is 84.4 Å². The van der Waals surface area contributed by atoms with Crippen LogP contribution in [0.4, 0.5) is 0 Å². The minimum atomic E-state index is -0.685. The molecule has 1 aliphatic carbocycles. The number of aromatic nitrogens is 2. The van der Waals surface area contributed by atoms with Gasteiger partial charge in [0, 0.05) is 22.8 Å². The van der Waals surface area contributed by atoms with Crippen LogP contribution in [0, 0.1) is 0 Å². The Hall–Kier alpha value is -2.78. The molecule has 9 heteroatoms. The van der Waals surface area contributed by atoms with E-state index in [4.69, 9.17) is 4.74 Å². The summed E-state index contributed by atoms with van der Waals surface area (Å²) in [5.74, 6) is 0.310. The van der Waals surface area contributed by atoms with Gasteiger partial charge >= 0.3 is 0 Å². The maximum absolute atomic E-state index is 13.2. The lowest BCUT2D eigenvalue weighted by Crippen LogP contribution is -2.44. The minimum Gasteiger partial charge on any atom is -0.497 e. The second-order valence-corrected chi connectivity index (χ2v) is 8.31. The first kappa shape index (κ1) is 19.5. The summed E-state index contributed by atoms with van der Waals surface area (Å²) >= 11 is 2.60. The monoisotopic (exact) mass is 428 g/mol. The van der Waals surface area contributed by atoms with Gasteiger partial charge in [0.15, 0.2) is 5.69 Å². The molecule has 0 radical (unpaired) electrons. The van der Waals surface area contributed by atoms with Crippen molar-refractivity contribution >= 4 is 34.7 Å². The Kier molecular flexibility index (Phi) is 5.86. The van der Waals surface area contributed by atoms with E-state index in [9.17, 15) is 9.59 Å². The van der Waals surface area contributed by atoms with Crippen LogP contribution in [0.15, 0.2) is 47.2 Å². The van der Waals surface area contributed by atoms with Crippen molar-refractivity contribution in [3.63, 3.8) is 0 Å². The highest BCUT2D eigenvalue weighted by Gasteiger charge is 2.42. The first-order valence-corrected chi connectivity index (χ1v) is 10.9. The average Bonchev–Trinajstić information content (AvgIpc) is 3.21. The van der Waals surface area contributed by atoms with Crippen molar-refractivity contribution in [3.05, 3.63) is 63.3 Å². The van der Waals surface area contributed by atoms with Gasteiger partial charge in [-0.1, -0.05) is 22.7 Å². The van der Waals surface area contributed by atoms with Crippen molar-refractivity contribution in [2.24, 2.45) is 0 Å². The SMILES string of the molecule is COc1ccc(CNC(=O)[C@H](c2cccs2)N(C(=O)c2csnn2)C2CC2)cc1. The minimum absolute atomic E-state index is 0.0445. The molecule has 1 aromatic carbocycles. The van der Waals surface area contributed by atoms with Gasteiger partial charge in [0.2, 0.25) is 5.91 Å². The van der Waals surface area contributed by atoms with E-state index in [1.807, 2.05) is 41.8 Å². The number of thiophene rings is 1. The van der Waals surface area contributed by atoms with Gasteiger partial charge in [0.1, 0.15) is 11.8 Å². The van der Waals surface area contributed by atoms with Gasteiger partial charge in [-0.15, -0.1) is 16.4 Å². The number of nitrogens with one attached hydrogen (secondary N) is 1. The molecule has 0 spiro atoms. The molecule has 2 heterocycles. The molecule has 150 valence electrons. The molecule has 0 bridgehead atoms. The Bertz CT molecular complexity index is 954. The largest absolute Gasteiger partial charge is 0.497 e. The van der Waals surface area contributed by atoms with Crippen LogP contribution in [0.5, 0.6) is 5.75 Å². The lowest BCUT2D eigenvalue weighted by Gasteiger charge is -2.30. The molecule has 2 amide bonds. The smallest absolute Gasteiger partial charge is 0.276 e. The van der Waals surface area contributed by atoms with Crippen LogP contribution in [0.25, 0.3) is 0 Å². The molecular formula is C20H20N4O3S2. The molecule has 0 saturated heterocycles. The maximum Gasteiger partial charge on any atom is 0.276 e. The predicted octanol–water partition coefficient (Wildman–Crippen LogP) is 3.27. The number of hydrogen-bond acceptors (Lipinski definition) is 7. The predicted molar refractivity (Wildman–Crippen MR) is 111 cm³/mol. The van der Waals surface area contributed by atoms with E-state index in [1.54, 1.807) is 17.4 Å². The molecule has 1 aliphatic rings. The number of methoxy groups -OCH3 is 1. The van der Waals surface area contributed by atoms with Gasteiger partial charge < -0.3 is 15.0 Å². The average molecular weight is 429 g/mol. The van der Waals surface area contributed by atoms with E-state index < -0.39 is 6.04 Å². The fourth-order valence-corrected chi connectivity index (χ4v) is 4.36. The van der Waals surface area contributed by atoms with Crippen LogP contribution in [-0.4, -0.2) is 39.5 Å². The molecule has 7 nitrogen and oxygen atoms in total. The van der Waals surface area contributed by atoms with Crippen molar-refractivity contribution in [1.82, 2.24) is 19.8 Å². The van der Waals surface area contributed by atoms with Gasteiger partial charge in [-0.05, 0) is 53.5 Å². The number of nitrogens with zero attached hydrogens (tertiary/aromatic N) is 3. The van der Waals surface area contributed by atoms with Crippen LogP contribution < -0.4 is 10.1 Å². The number of hydrogen-bond donors (Lipinski definition) is 1. The lowest BCUT2D eigenvalue weighted by atomic mass is 10.1. The normalized spacial score (nSPS) is 14.2. The number of ether oxygens (including phenoxy) is 1. The molecule has 1 atom stereocenters. The molecule has 1 fully saturated rings. The summed E-state index contributed by atoms with van der Waals surface area (Å²) in [5.41, 5.74) is 1.24. The van der Waals surface area contributed by atoms with E-state index >= 15 is 0 Å². The molecule has 0 aliphatic heterocycles. The Morgan fingerprint density at radius 2 is 2.07 bits per heavy atom. The summed E-state index contributed by atoms with van der Waals surface area (Å²) in [5, 5.41) is 10.4. The zero-order valence-corrected chi connectivity index (χ0v) is 17.4. The lowest BCUT2D eigenvalue weighted by molar-refractivity contribution is -0.126. The quantitative estimate of drug-likeness (QED) is 0.595. The van der Waals surface area contributed by atoms with Gasteiger partial charge in [-0.3, -0.25) is 9.59 Å². The van der Waals surface area contributed by atoms with Crippen LogP contribution in [0.2, 0.25) is 0 Å². The highest BCUT2D eigenvalue weighted by atomic mass is 32.1. The van der Waals surface area contributed by atoms with E-state index in [0.717, 1.165) is 40.6 Å². The van der Waals surface area contributed by atoms with Gasteiger partial charge in [0.25, 0.3) is 5.91 Å². The number of amides is 2. The van der Waals surface area contributed by atoms with E-state index in [1.165, 1.54) is 11.3 Å². The van der Waals surface area contributed by atoms with Crippen molar-refractivity contribution in [1.29, 1.82) is 0 Å². The third kappa shape index (κ3) is 4.46. The number of benzene rings is 1. The van der Waals surface area contributed by atoms with E-state index in [2.05, 4.69) is 14.9 Å². The summed E-state index contributed by atoms with van der Waals surface area (Å²) in [4.78, 5) is 28.8. The molecule has 3 aromatic rings. The van der Waals surface area contributed by atoms with E-state index in [-0.39, 0.29) is 23.6 Å². The summed E-state index contributed by atoms with van der Waals surface area (Å²) in [6, 6.07) is 10.7. The van der Waals surface area contributed by atoms with Crippen LogP contribution in [0.1, 0.15) is 39.8 Å². The zero-order chi connectivity index (χ0) is 20.2. The number of carbonyl (C=O) groups excluding carboxylic acids is 2. The Labute approximate surface area is 176 Å². The number of rotatable bonds is 8. The Morgan fingerprint density at radius 1 is 1.28 bits per heavy atom. The maximum atomic E-state index is 13.2. The molecule has 2 aromatic heterocycles. The summed E-state index contributed by atoms with van der Waals surface area (Å²) in [7, 11) is 1.61. The molecule has 1 N–H and O–H groups in total. The Morgan fingerprint density at radius 3 is 2.66 bits per heavy atom. The molecule has 4 rings (SSSR count). The number of carbonyl (C=O) groups is 2. The molecule has 1 saturated carbocycles. The van der Waals surface area contributed by atoms with Crippen molar-refractivity contribution < 1.29 is 14.3 Å². The summed E-state index contributed by atoms with van der Waals surface area (Å²) in [6.45, 7) is 0.371. The molecular weight excluding hydrogens is 408 g/mol. The van der Waals surface area contributed by atoms with Crippen LogP contribution in [0.3, 0.4) is 0 Å². The van der Waals surface area contributed by atoms with Crippen LogP contribution in [-0.2, 0) is 11.3 Å². The molecule has 0 unspecified atom stereocenters. The fourth-order valence-electron chi connectivity index (χ4n) is 3.11. The standard InChI is InChI=1S/C20H20N4O3S2/c1-27-15-8-4-13(5-9-15)11-21-19(25)18(17-3-2-10-28-17)24(14-6-7-14)20(26)16-12-29-23-22-16/h2-5,8-10,12,14,18H,6-7,11H2,1H3,(H,21,25)/t18-/m0/s1. The van der Waals surface area contributed by atoms with E-state index in [0.29, 0.717) is 6.54 Å². The van der Waals surface area contributed by atoms with Crippen molar-refractivity contribution in [2.45, 2.75) is 31.5 Å². The second kappa shape index (κ2) is 8.71.